The third-order valence-electron chi connectivity index (χ3n) is 5.77. The van der Waals surface area contributed by atoms with Crippen molar-refractivity contribution in [3.8, 4) is 22.9 Å². The molecule has 3 aromatic heterocycles. The second-order valence-electron chi connectivity index (χ2n) is 8.72. The number of amides is 1. The molecule has 2 aliphatic carbocycles. The number of hydrogen-bond donors (Lipinski definition) is 2. The normalized spacial score (nSPS) is 19.6. The topological polar surface area (TPSA) is 114 Å². The van der Waals surface area contributed by atoms with Gasteiger partial charge in [0.15, 0.2) is 0 Å². The van der Waals surface area contributed by atoms with Crippen molar-refractivity contribution < 1.29 is 19.0 Å². The van der Waals surface area contributed by atoms with Gasteiger partial charge in [0.1, 0.15) is 29.5 Å². The highest BCUT2D eigenvalue weighted by molar-refractivity contribution is 5.99. The Balaban J connectivity index is 1.32. The van der Waals surface area contributed by atoms with E-state index in [1.807, 2.05) is 26.4 Å². The Morgan fingerprint density at radius 3 is 2.82 bits per heavy atom. The van der Waals surface area contributed by atoms with E-state index in [1.54, 1.807) is 13.2 Å². The fourth-order valence-electron chi connectivity index (χ4n) is 3.69. The fraction of sp³-hybridized carbons (Fsp3) is 0.478. The Bertz CT molecular complexity index is 1160. The number of carbonyl (C=O) groups excluding carboxylic acids is 1. The molecule has 0 aliphatic heterocycles. The van der Waals surface area contributed by atoms with Gasteiger partial charge >= 0.3 is 0 Å². The van der Waals surface area contributed by atoms with E-state index >= 15 is 0 Å². The van der Waals surface area contributed by atoms with Gasteiger partial charge in [-0.15, -0.1) is 0 Å². The predicted molar refractivity (Wildman–Crippen MR) is 122 cm³/mol. The van der Waals surface area contributed by atoms with Gasteiger partial charge < -0.3 is 29.4 Å². The molecule has 174 valence electrons. The Morgan fingerprint density at radius 2 is 2.06 bits per heavy atom. The summed E-state index contributed by atoms with van der Waals surface area (Å²) < 4.78 is 17.2. The van der Waals surface area contributed by atoms with Crippen molar-refractivity contribution in [2.24, 2.45) is 5.92 Å². The first kappa shape index (κ1) is 21.6. The number of nitrogens with zero attached hydrogens (tertiary/aromatic N) is 4. The van der Waals surface area contributed by atoms with E-state index < -0.39 is 0 Å². The van der Waals surface area contributed by atoms with Crippen LogP contribution < -0.4 is 14.8 Å². The Labute approximate surface area is 191 Å². The highest BCUT2D eigenvalue weighted by atomic mass is 16.5. The molecule has 33 heavy (non-hydrogen) atoms. The number of ether oxygens (including phenoxy) is 3. The van der Waals surface area contributed by atoms with E-state index in [0.29, 0.717) is 35.4 Å². The molecule has 2 fully saturated rings. The maximum Gasteiger partial charge on any atom is 0.231 e. The van der Waals surface area contributed by atoms with Crippen LogP contribution in [0.4, 0.5) is 5.82 Å². The maximum absolute atomic E-state index is 12.6. The van der Waals surface area contributed by atoms with E-state index in [4.69, 9.17) is 14.2 Å². The molecule has 1 amide bonds. The molecule has 3 heterocycles. The summed E-state index contributed by atoms with van der Waals surface area (Å²) in [6, 6.07) is 3.70. The van der Waals surface area contributed by atoms with Crippen LogP contribution in [0.15, 0.2) is 24.7 Å². The van der Waals surface area contributed by atoms with E-state index in [1.165, 1.54) is 6.33 Å². The lowest BCUT2D eigenvalue weighted by Gasteiger charge is -2.12. The molecular weight excluding hydrogens is 424 g/mol. The number of carbonyl (C=O) groups is 1. The minimum absolute atomic E-state index is 0.0128. The smallest absolute Gasteiger partial charge is 0.231 e. The third kappa shape index (κ3) is 4.76. The highest BCUT2D eigenvalue weighted by Crippen LogP contribution is 2.41. The number of aromatic nitrogens is 4. The molecule has 10 nitrogen and oxygen atoms in total. The van der Waals surface area contributed by atoms with Gasteiger partial charge in [-0.1, -0.05) is 0 Å². The summed E-state index contributed by atoms with van der Waals surface area (Å²) in [7, 11) is 5.56. The molecule has 3 aromatic rings. The minimum Gasteiger partial charge on any atom is -0.480 e. The number of rotatable bonds is 10. The van der Waals surface area contributed by atoms with Crippen molar-refractivity contribution in [1.29, 1.82) is 0 Å². The van der Waals surface area contributed by atoms with Gasteiger partial charge in [0, 0.05) is 23.7 Å². The Hall–Kier alpha value is -3.24. The average Bonchev–Trinajstić information content (AvgIpc) is 3.72. The number of nitrogens with one attached hydrogen (secondary N) is 2. The number of likely N-dealkylation sites (N-methyl/N-ethyl adjacent to an activating group) is 1. The summed E-state index contributed by atoms with van der Waals surface area (Å²) in [6.45, 7) is 1.46. The molecule has 2 aliphatic rings. The molecule has 5 rings (SSSR count). The number of fused-ring (bicyclic) bond motifs is 1. The number of hydrogen-bond acceptors (Lipinski definition) is 8. The average molecular weight is 453 g/mol. The zero-order chi connectivity index (χ0) is 22.9. The van der Waals surface area contributed by atoms with Crippen molar-refractivity contribution in [3.05, 3.63) is 24.7 Å². The lowest BCUT2D eigenvalue weighted by molar-refractivity contribution is -0.118. The molecule has 10 heteroatoms. The van der Waals surface area contributed by atoms with Gasteiger partial charge in [-0.2, -0.15) is 0 Å². The Morgan fingerprint density at radius 1 is 1.24 bits per heavy atom. The second kappa shape index (κ2) is 8.95. The zero-order valence-corrected chi connectivity index (χ0v) is 19.0. The summed E-state index contributed by atoms with van der Waals surface area (Å²) in [5, 5.41) is 3.77. The SMILES string of the molecule is COc1ncnc(OC2CC2)c1-c1c[nH]c2nc(NC(=O)[C@H]3C[C@@H]3OCCN(C)C)ccc12. The maximum atomic E-state index is 12.6. The van der Waals surface area contributed by atoms with E-state index in [-0.39, 0.29) is 24.0 Å². The molecule has 0 saturated heterocycles. The van der Waals surface area contributed by atoms with Crippen molar-refractivity contribution >= 4 is 22.8 Å². The molecule has 2 saturated carbocycles. The molecule has 2 N–H and O–H groups in total. The lowest BCUT2D eigenvalue weighted by Crippen LogP contribution is -2.21. The highest BCUT2D eigenvalue weighted by Gasteiger charge is 2.44. The largest absolute Gasteiger partial charge is 0.480 e. The monoisotopic (exact) mass is 452 g/mol. The predicted octanol–water partition coefficient (Wildman–Crippen LogP) is 2.47. The van der Waals surface area contributed by atoms with Crippen molar-refractivity contribution in [3.63, 3.8) is 0 Å². The van der Waals surface area contributed by atoms with Gasteiger partial charge in [0.2, 0.25) is 17.7 Å². The van der Waals surface area contributed by atoms with Crippen LogP contribution in [0.3, 0.4) is 0 Å². The van der Waals surface area contributed by atoms with Crippen LogP contribution in [0.5, 0.6) is 11.8 Å². The summed E-state index contributed by atoms with van der Waals surface area (Å²) >= 11 is 0. The standard InChI is InChI=1S/C23H28N6O4/c1-29(2)8-9-32-17-10-15(17)21(30)28-18-7-6-14-16(11-24-20(14)27-18)19-22(31-3)25-12-26-23(19)33-13-4-5-13/h6-7,11-13,15,17H,4-5,8-10H2,1-3H3,(H2,24,27,28,30)/t15-,17-/m0/s1. The third-order valence-corrected chi connectivity index (χ3v) is 5.77. The first-order chi connectivity index (χ1) is 16.0. The van der Waals surface area contributed by atoms with Gasteiger partial charge in [-0.25, -0.2) is 15.0 Å². The zero-order valence-electron chi connectivity index (χ0n) is 19.0. The Kier molecular flexibility index (Phi) is 5.86. The quantitative estimate of drug-likeness (QED) is 0.482. The number of anilines is 1. The molecule has 0 bridgehead atoms. The van der Waals surface area contributed by atoms with Crippen LogP contribution in [0, 0.1) is 5.92 Å². The van der Waals surface area contributed by atoms with Gasteiger partial charge in [0.25, 0.3) is 0 Å². The van der Waals surface area contributed by atoms with Gasteiger partial charge in [-0.05, 0) is 45.5 Å². The first-order valence-corrected chi connectivity index (χ1v) is 11.1. The molecule has 2 atom stereocenters. The first-order valence-electron chi connectivity index (χ1n) is 11.1. The minimum atomic E-state index is -0.128. The number of H-pyrrole nitrogens is 1. The summed E-state index contributed by atoms with van der Waals surface area (Å²) in [5.41, 5.74) is 2.16. The van der Waals surface area contributed by atoms with Crippen molar-refractivity contribution in [2.75, 3.05) is 39.7 Å². The van der Waals surface area contributed by atoms with E-state index in [2.05, 4.69) is 30.2 Å². The lowest BCUT2D eigenvalue weighted by atomic mass is 10.1. The van der Waals surface area contributed by atoms with Crippen LogP contribution in [0.2, 0.25) is 0 Å². The van der Waals surface area contributed by atoms with Gasteiger partial charge in [-0.3, -0.25) is 4.79 Å². The van der Waals surface area contributed by atoms with Gasteiger partial charge in [0.05, 0.1) is 25.7 Å². The van der Waals surface area contributed by atoms with Crippen LogP contribution >= 0.6 is 0 Å². The van der Waals surface area contributed by atoms with Crippen LogP contribution in [-0.2, 0) is 9.53 Å². The van der Waals surface area contributed by atoms with Crippen molar-refractivity contribution in [1.82, 2.24) is 24.8 Å². The molecule has 0 spiro atoms. The molecule has 0 unspecified atom stereocenters. The van der Waals surface area contributed by atoms with E-state index in [0.717, 1.165) is 36.8 Å². The molecular formula is C23H28N6O4. The summed E-state index contributed by atoms with van der Waals surface area (Å²) in [4.78, 5) is 31.0. The molecule has 0 aromatic carbocycles. The van der Waals surface area contributed by atoms with Crippen LogP contribution in [-0.4, -0.2) is 77.3 Å². The molecule has 0 radical (unpaired) electrons. The fourth-order valence-corrected chi connectivity index (χ4v) is 3.69. The number of aromatic amines is 1. The van der Waals surface area contributed by atoms with E-state index in [9.17, 15) is 4.79 Å². The van der Waals surface area contributed by atoms with Crippen molar-refractivity contribution in [2.45, 2.75) is 31.5 Å². The summed E-state index contributed by atoms with van der Waals surface area (Å²) in [6.07, 6.45) is 6.23. The summed E-state index contributed by atoms with van der Waals surface area (Å²) in [5.74, 6) is 1.23. The number of methoxy groups -OCH3 is 1. The second-order valence-corrected chi connectivity index (χ2v) is 8.72. The van der Waals surface area contributed by atoms with Crippen LogP contribution in [0.1, 0.15) is 19.3 Å². The number of pyridine rings is 1. The van der Waals surface area contributed by atoms with Crippen LogP contribution in [0.25, 0.3) is 22.2 Å².